The Balaban J connectivity index is 2.27. The minimum Gasteiger partial charge on any atom is -0.497 e. The molecule has 152 valence electrons. The van der Waals surface area contributed by atoms with Crippen molar-refractivity contribution in [1.29, 1.82) is 5.26 Å². The number of carbonyl (C=O) groups is 2. The number of nitrogens with one attached hydrogen (secondary N) is 1. The quantitative estimate of drug-likeness (QED) is 0.716. The van der Waals surface area contributed by atoms with E-state index in [1.165, 1.54) is 13.3 Å². The molecule has 0 saturated carbocycles. The number of hydrogen-bond donors (Lipinski definition) is 1. The summed E-state index contributed by atoms with van der Waals surface area (Å²) in [4.78, 5) is 36.8. The second kappa shape index (κ2) is 9.55. The van der Waals surface area contributed by atoms with E-state index in [9.17, 15) is 14.4 Å². The number of hydrogen-bond acceptors (Lipinski definition) is 6. The van der Waals surface area contributed by atoms with Crippen LogP contribution in [-0.4, -0.2) is 30.7 Å². The first kappa shape index (κ1) is 21.7. The zero-order valence-corrected chi connectivity index (χ0v) is 16.8. The summed E-state index contributed by atoms with van der Waals surface area (Å²) in [6.45, 7) is 3.59. The highest BCUT2D eigenvalue weighted by Gasteiger charge is 2.20. The molecule has 1 aromatic heterocycles. The van der Waals surface area contributed by atoms with Crippen molar-refractivity contribution in [2.75, 3.05) is 14.2 Å². The molecule has 1 amide bonds. The fourth-order valence-corrected chi connectivity index (χ4v) is 2.88. The Morgan fingerprint density at radius 2 is 1.86 bits per heavy atom. The van der Waals surface area contributed by atoms with E-state index in [0.29, 0.717) is 5.75 Å². The van der Waals surface area contributed by atoms with Gasteiger partial charge in [-0.3, -0.25) is 9.59 Å². The first-order valence-electron chi connectivity index (χ1n) is 8.97. The smallest absolute Gasteiger partial charge is 0.339 e. The van der Waals surface area contributed by atoms with Gasteiger partial charge in [-0.15, -0.1) is 0 Å². The molecule has 0 aliphatic heterocycles. The lowest BCUT2D eigenvalue weighted by atomic mass is 9.96. The monoisotopic (exact) mass is 397 g/mol. The van der Waals surface area contributed by atoms with Crippen molar-refractivity contribution < 1.29 is 19.1 Å². The summed E-state index contributed by atoms with van der Waals surface area (Å²) in [6.07, 6.45) is 1.21. The van der Waals surface area contributed by atoms with Crippen molar-refractivity contribution >= 4 is 11.9 Å². The van der Waals surface area contributed by atoms with Gasteiger partial charge in [0.25, 0.3) is 5.56 Å². The van der Waals surface area contributed by atoms with E-state index in [-0.39, 0.29) is 29.6 Å². The third-order valence-corrected chi connectivity index (χ3v) is 4.40. The first-order chi connectivity index (χ1) is 13.8. The molecule has 0 aliphatic rings. The maximum Gasteiger partial charge on any atom is 0.339 e. The zero-order chi connectivity index (χ0) is 21.6. The maximum atomic E-state index is 12.6. The summed E-state index contributed by atoms with van der Waals surface area (Å²) in [6, 6.07) is 9.94. The van der Waals surface area contributed by atoms with Crippen molar-refractivity contribution in [1.82, 2.24) is 9.88 Å². The average Bonchev–Trinajstić information content (AvgIpc) is 2.72. The maximum absolute atomic E-state index is 12.6. The molecular formula is C21H23N3O5. The number of esters is 1. The zero-order valence-electron chi connectivity index (χ0n) is 16.8. The molecule has 0 aliphatic carbocycles. The van der Waals surface area contributed by atoms with Crippen LogP contribution in [0.1, 0.15) is 41.4 Å². The van der Waals surface area contributed by atoms with Crippen LogP contribution in [-0.2, 0) is 16.1 Å². The van der Waals surface area contributed by atoms with E-state index < -0.39 is 17.4 Å². The third-order valence-electron chi connectivity index (χ3n) is 4.40. The van der Waals surface area contributed by atoms with Gasteiger partial charge >= 0.3 is 5.97 Å². The highest BCUT2D eigenvalue weighted by molar-refractivity contribution is 5.89. The van der Waals surface area contributed by atoms with Gasteiger partial charge in [0, 0.05) is 6.20 Å². The largest absolute Gasteiger partial charge is 0.497 e. The predicted octanol–water partition coefficient (Wildman–Crippen LogP) is 2.03. The molecular weight excluding hydrogens is 374 g/mol. The predicted molar refractivity (Wildman–Crippen MR) is 105 cm³/mol. The van der Waals surface area contributed by atoms with Gasteiger partial charge in [-0.2, -0.15) is 5.26 Å². The second-order valence-corrected chi connectivity index (χ2v) is 6.74. The molecule has 0 radical (unpaired) electrons. The molecule has 0 fully saturated rings. The molecule has 29 heavy (non-hydrogen) atoms. The van der Waals surface area contributed by atoms with Crippen LogP contribution in [0.3, 0.4) is 0 Å². The third kappa shape index (κ3) is 5.23. The van der Waals surface area contributed by atoms with Gasteiger partial charge in [0.15, 0.2) is 0 Å². The molecule has 1 N–H and O–H groups in total. The number of methoxy groups -OCH3 is 2. The molecule has 1 aromatic carbocycles. The summed E-state index contributed by atoms with van der Waals surface area (Å²) >= 11 is 0. The standard InChI is InChI=1S/C21H23N3O5/c1-13(2)19(14-5-7-17(28-3)8-6-14)23-18(25)12-24-11-16(21(27)29-4)9-15(10-22)20(24)26/h5-9,11,13,19H,12H2,1-4H3,(H,23,25). The molecule has 0 saturated heterocycles. The van der Waals surface area contributed by atoms with Crippen molar-refractivity contribution in [3.8, 4) is 11.8 Å². The molecule has 1 heterocycles. The Kier molecular flexibility index (Phi) is 7.15. The van der Waals surface area contributed by atoms with Crippen molar-refractivity contribution in [3.63, 3.8) is 0 Å². The summed E-state index contributed by atoms with van der Waals surface area (Å²) in [5, 5.41) is 12.0. The minimum atomic E-state index is -0.700. The number of nitriles is 1. The van der Waals surface area contributed by atoms with Crippen LogP contribution in [0, 0.1) is 17.2 Å². The fourth-order valence-electron chi connectivity index (χ4n) is 2.88. The lowest BCUT2D eigenvalue weighted by Crippen LogP contribution is -2.37. The van der Waals surface area contributed by atoms with Crippen LogP contribution in [0.25, 0.3) is 0 Å². The van der Waals surface area contributed by atoms with Gasteiger partial charge < -0.3 is 19.4 Å². The number of carbonyl (C=O) groups excluding carboxylic acids is 2. The van der Waals surface area contributed by atoms with E-state index in [1.807, 2.05) is 26.0 Å². The molecule has 2 aromatic rings. The lowest BCUT2D eigenvalue weighted by Gasteiger charge is -2.23. The van der Waals surface area contributed by atoms with Crippen molar-refractivity contribution in [2.24, 2.45) is 5.92 Å². The Bertz CT molecular complexity index is 987. The Labute approximate surface area is 168 Å². The highest BCUT2D eigenvalue weighted by atomic mass is 16.5. The summed E-state index contributed by atoms with van der Waals surface area (Å²) in [7, 11) is 2.77. The molecule has 2 rings (SSSR count). The number of benzene rings is 1. The summed E-state index contributed by atoms with van der Waals surface area (Å²) < 4.78 is 10.8. The van der Waals surface area contributed by atoms with E-state index in [4.69, 9.17) is 10.00 Å². The molecule has 1 atom stereocenters. The first-order valence-corrected chi connectivity index (χ1v) is 8.97. The van der Waals surface area contributed by atoms with Gasteiger partial charge in [-0.25, -0.2) is 4.79 Å². The SMILES string of the molecule is COC(=O)c1cc(C#N)c(=O)n(CC(=O)NC(c2ccc(OC)cc2)C(C)C)c1. The topological polar surface area (TPSA) is 110 Å². The van der Waals surface area contributed by atoms with Crippen LogP contribution < -0.4 is 15.6 Å². The van der Waals surface area contributed by atoms with Gasteiger partial charge in [0.2, 0.25) is 5.91 Å². The number of nitrogens with zero attached hydrogens (tertiary/aromatic N) is 2. The normalized spacial score (nSPS) is 11.4. The minimum absolute atomic E-state index is 0.0204. The molecule has 8 nitrogen and oxygen atoms in total. The molecule has 0 bridgehead atoms. The number of rotatable bonds is 7. The Morgan fingerprint density at radius 1 is 1.21 bits per heavy atom. The summed E-state index contributed by atoms with van der Waals surface area (Å²) in [5.74, 6) is -0.334. The Morgan fingerprint density at radius 3 is 2.38 bits per heavy atom. The van der Waals surface area contributed by atoms with Crippen LogP contribution in [0.2, 0.25) is 0 Å². The average molecular weight is 397 g/mol. The molecule has 1 unspecified atom stereocenters. The van der Waals surface area contributed by atoms with E-state index in [2.05, 4.69) is 10.1 Å². The van der Waals surface area contributed by atoms with Gasteiger partial charge in [-0.05, 0) is 29.7 Å². The molecule has 8 heteroatoms. The second-order valence-electron chi connectivity index (χ2n) is 6.74. The fraction of sp³-hybridized carbons (Fsp3) is 0.333. The molecule has 0 spiro atoms. The van der Waals surface area contributed by atoms with Gasteiger partial charge in [0.1, 0.15) is 23.9 Å². The van der Waals surface area contributed by atoms with Gasteiger partial charge in [0.05, 0.1) is 25.8 Å². The lowest BCUT2D eigenvalue weighted by molar-refractivity contribution is -0.122. The number of aromatic nitrogens is 1. The Hall–Kier alpha value is -3.60. The van der Waals surface area contributed by atoms with Crippen LogP contribution >= 0.6 is 0 Å². The summed E-state index contributed by atoms with van der Waals surface area (Å²) in [5.41, 5.74) is 0.0200. The highest BCUT2D eigenvalue weighted by Crippen LogP contribution is 2.23. The van der Waals surface area contributed by atoms with Crippen molar-refractivity contribution in [2.45, 2.75) is 26.4 Å². The van der Waals surface area contributed by atoms with E-state index in [1.54, 1.807) is 25.3 Å². The number of ether oxygens (including phenoxy) is 2. The van der Waals surface area contributed by atoms with E-state index >= 15 is 0 Å². The van der Waals surface area contributed by atoms with E-state index in [0.717, 1.165) is 16.2 Å². The van der Waals surface area contributed by atoms with Crippen LogP contribution in [0.15, 0.2) is 41.3 Å². The number of amides is 1. The number of pyridine rings is 1. The van der Waals surface area contributed by atoms with Crippen LogP contribution in [0.4, 0.5) is 0 Å². The van der Waals surface area contributed by atoms with Crippen molar-refractivity contribution in [3.05, 3.63) is 63.6 Å². The van der Waals surface area contributed by atoms with Crippen LogP contribution in [0.5, 0.6) is 5.75 Å². The van der Waals surface area contributed by atoms with Gasteiger partial charge in [-0.1, -0.05) is 26.0 Å².